The van der Waals surface area contributed by atoms with E-state index in [2.05, 4.69) is 30.6 Å². The lowest BCUT2D eigenvalue weighted by atomic mass is 9.98. The monoisotopic (exact) mass is 682 g/mol. The number of para-hydroxylation sites is 2. The van der Waals surface area contributed by atoms with Gasteiger partial charge in [0.05, 0.1) is 36.3 Å². The molecule has 2 heterocycles. The predicted octanol–water partition coefficient (Wildman–Crippen LogP) is 5.95. The van der Waals surface area contributed by atoms with Crippen molar-refractivity contribution < 1.29 is 19.1 Å². The van der Waals surface area contributed by atoms with Crippen LogP contribution in [0.25, 0.3) is 44.3 Å². The number of nitrogens with one attached hydrogen (secondary N) is 6. The zero-order chi connectivity index (χ0) is 33.7. The number of hydrogen-bond acceptors (Lipinski definition) is 8. The van der Waals surface area contributed by atoms with Gasteiger partial charge in [0.1, 0.15) is 33.0 Å². The van der Waals surface area contributed by atoms with Crippen molar-refractivity contribution in [2.45, 2.75) is 0 Å². The van der Waals surface area contributed by atoms with Crippen LogP contribution >= 0.6 is 23.2 Å². The normalized spacial score (nSPS) is 13.5. The molecular weight excluding hydrogens is 659 g/mol. The average molecular weight is 684 g/mol. The van der Waals surface area contributed by atoms with Crippen molar-refractivity contribution in [1.82, 2.24) is 19.9 Å². The number of halogens is 2. The molecule has 0 spiro atoms. The summed E-state index contributed by atoms with van der Waals surface area (Å²) in [6.45, 7) is 0. The largest absolute Gasteiger partial charge is 0.496 e. The zero-order valence-electron chi connectivity index (χ0n) is 25.1. The highest BCUT2D eigenvalue weighted by atomic mass is 35.5. The third-order valence-corrected chi connectivity index (χ3v) is 8.67. The molecule has 0 unspecified atom stereocenters. The van der Waals surface area contributed by atoms with Crippen LogP contribution in [-0.4, -0.2) is 45.7 Å². The molecule has 1 aliphatic rings. The molecule has 7 rings (SSSR count). The lowest BCUT2D eigenvalue weighted by Crippen LogP contribution is -2.27. The summed E-state index contributed by atoms with van der Waals surface area (Å²) in [7, 11) is 3.02. The number of carbonyl (C=O) groups excluding carboxylic acids is 2. The molecule has 0 saturated heterocycles. The molecule has 0 aliphatic heterocycles. The van der Waals surface area contributed by atoms with Crippen LogP contribution in [0.15, 0.2) is 104 Å². The molecule has 14 heteroatoms. The van der Waals surface area contributed by atoms with E-state index in [1.807, 2.05) is 0 Å². The number of Topliss-reactive ketones (excluding diaryl/α,β-unsaturated/α-hetero) is 2. The molecule has 0 atom stereocenters. The summed E-state index contributed by atoms with van der Waals surface area (Å²) >= 11 is 13.3. The summed E-state index contributed by atoms with van der Waals surface area (Å²) in [4.78, 5) is 63.3. The van der Waals surface area contributed by atoms with E-state index in [9.17, 15) is 19.2 Å². The van der Waals surface area contributed by atoms with Crippen molar-refractivity contribution in [1.29, 1.82) is 0 Å². The van der Waals surface area contributed by atoms with Crippen LogP contribution < -0.4 is 31.5 Å². The van der Waals surface area contributed by atoms with Crippen LogP contribution in [-0.2, 0) is 9.59 Å². The number of benzene rings is 4. The lowest BCUT2D eigenvalue weighted by Gasteiger charge is -2.23. The molecule has 2 aromatic heterocycles. The number of ether oxygens (including phenoxy) is 2. The van der Waals surface area contributed by atoms with Gasteiger partial charge in [-0.05, 0) is 36.4 Å². The number of methoxy groups -OCH3 is 2. The number of hydrogen-bond donors (Lipinski definition) is 6. The first kappa shape index (κ1) is 30.7. The summed E-state index contributed by atoms with van der Waals surface area (Å²) in [6, 6.07) is 20.8. The van der Waals surface area contributed by atoms with Gasteiger partial charge in [-0.1, -0.05) is 59.6 Å². The Labute approximate surface area is 280 Å². The molecule has 0 fully saturated rings. The minimum atomic E-state index is -0.757. The topological polar surface area (TPSA) is 174 Å². The average Bonchev–Trinajstić information content (AvgIpc) is 3.68. The molecule has 1 aliphatic carbocycles. The van der Waals surface area contributed by atoms with Crippen molar-refractivity contribution in [3.05, 3.63) is 115 Å². The Bertz CT molecular complexity index is 2330. The van der Waals surface area contributed by atoms with E-state index in [0.717, 1.165) is 0 Å². The van der Waals surface area contributed by atoms with Gasteiger partial charge in [0.25, 0.3) is 0 Å². The first-order valence-electron chi connectivity index (χ1n) is 14.4. The minimum Gasteiger partial charge on any atom is -0.496 e. The van der Waals surface area contributed by atoms with Crippen molar-refractivity contribution in [2.24, 2.45) is 0 Å². The Morgan fingerprint density at radius 2 is 0.938 bits per heavy atom. The van der Waals surface area contributed by atoms with Crippen molar-refractivity contribution in [3.8, 4) is 33.8 Å². The number of aromatic amines is 4. The maximum absolute atomic E-state index is 13.8. The SMILES string of the molecule is COc1ccccc1-c1c(NC2=C(Cl)C(=O)C(Nc3ccc4[nH]c(=O)[nH]c4c3-c3ccccc3OC)=C(Cl)C2=O)ccc2[nH]c(=O)[nH]c12. The summed E-state index contributed by atoms with van der Waals surface area (Å²) in [5.41, 5.74) is 3.35. The highest BCUT2D eigenvalue weighted by Crippen LogP contribution is 2.43. The van der Waals surface area contributed by atoms with E-state index >= 15 is 0 Å². The first-order chi connectivity index (χ1) is 23.2. The molecule has 0 amide bonds. The van der Waals surface area contributed by atoms with Crippen LogP contribution in [0, 0.1) is 0 Å². The highest BCUT2D eigenvalue weighted by Gasteiger charge is 2.35. The fraction of sp³-hybridized carbons (Fsp3) is 0.0588. The molecule has 0 bridgehead atoms. The Morgan fingerprint density at radius 3 is 1.33 bits per heavy atom. The molecule has 12 nitrogen and oxygen atoms in total. The van der Waals surface area contributed by atoms with E-state index < -0.39 is 33.0 Å². The zero-order valence-corrected chi connectivity index (χ0v) is 26.6. The van der Waals surface area contributed by atoms with Crippen LogP contribution in [0.4, 0.5) is 11.4 Å². The van der Waals surface area contributed by atoms with E-state index in [-0.39, 0.29) is 11.4 Å². The first-order valence-corrected chi connectivity index (χ1v) is 15.2. The molecule has 6 N–H and O–H groups in total. The Hall–Kier alpha value is -5.98. The predicted molar refractivity (Wildman–Crippen MR) is 185 cm³/mol. The third-order valence-electron chi connectivity index (χ3n) is 7.95. The molecule has 0 radical (unpaired) electrons. The number of allylic oxidation sites excluding steroid dienone is 2. The summed E-state index contributed by atoms with van der Waals surface area (Å²) in [6.07, 6.45) is 0. The van der Waals surface area contributed by atoms with Gasteiger partial charge in [-0.15, -0.1) is 0 Å². The van der Waals surface area contributed by atoms with E-state index in [4.69, 9.17) is 32.7 Å². The van der Waals surface area contributed by atoms with Gasteiger partial charge in [0.2, 0.25) is 11.6 Å². The molecular formula is C34H24Cl2N6O6. The van der Waals surface area contributed by atoms with Gasteiger partial charge >= 0.3 is 11.4 Å². The number of imidazole rings is 2. The molecule has 48 heavy (non-hydrogen) atoms. The Balaban J connectivity index is 1.32. The fourth-order valence-electron chi connectivity index (χ4n) is 5.82. The molecule has 4 aromatic carbocycles. The standard InChI is InChI=1S/C34H24Cl2N6O6/c1-47-21-9-5-3-7-15(21)23-17(11-13-19-27(23)41-33(45)39-19)37-29-25(35)32(44)30(26(36)31(29)43)38-18-12-14-20-28(42-34(46)40-20)24(18)16-8-4-6-10-22(16)48-2/h3-14,37-38H,1-2H3,(H2,39,41,45)(H2,40,42,46). The number of H-pyrrole nitrogens is 4. The summed E-state index contributed by atoms with van der Waals surface area (Å²) in [5.74, 6) is -0.519. The van der Waals surface area contributed by atoms with E-state index in [0.29, 0.717) is 67.2 Å². The number of rotatable bonds is 8. The molecule has 240 valence electrons. The van der Waals surface area contributed by atoms with Gasteiger partial charge in [-0.25, -0.2) is 9.59 Å². The van der Waals surface area contributed by atoms with Crippen molar-refractivity contribution in [3.63, 3.8) is 0 Å². The second-order valence-corrected chi connectivity index (χ2v) is 11.4. The van der Waals surface area contributed by atoms with Crippen LogP contribution in [0.5, 0.6) is 11.5 Å². The second-order valence-electron chi connectivity index (χ2n) is 10.7. The van der Waals surface area contributed by atoms with Crippen LogP contribution in [0.2, 0.25) is 0 Å². The van der Waals surface area contributed by atoms with Gasteiger partial charge in [0.15, 0.2) is 0 Å². The van der Waals surface area contributed by atoms with E-state index in [1.165, 1.54) is 14.2 Å². The quantitative estimate of drug-likeness (QED) is 0.107. The number of anilines is 2. The van der Waals surface area contributed by atoms with Gasteiger partial charge < -0.3 is 40.0 Å². The highest BCUT2D eigenvalue weighted by molar-refractivity contribution is 6.56. The maximum atomic E-state index is 13.8. The van der Waals surface area contributed by atoms with Crippen molar-refractivity contribution >= 4 is 68.2 Å². The van der Waals surface area contributed by atoms with E-state index in [1.54, 1.807) is 72.8 Å². The number of carbonyl (C=O) groups is 2. The number of aromatic nitrogens is 4. The van der Waals surface area contributed by atoms with Gasteiger partial charge in [0, 0.05) is 33.6 Å². The number of fused-ring (bicyclic) bond motifs is 2. The van der Waals surface area contributed by atoms with Gasteiger partial charge in [-0.2, -0.15) is 0 Å². The second kappa shape index (κ2) is 12.0. The number of ketones is 2. The van der Waals surface area contributed by atoms with Crippen LogP contribution in [0.3, 0.4) is 0 Å². The van der Waals surface area contributed by atoms with Gasteiger partial charge in [-0.3, -0.25) is 9.59 Å². The smallest absolute Gasteiger partial charge is 0.323 e. The van der Waals surface area contributed by atoms with Crippen molar-refractivity contribution in [2.75, 3.05) is 24.9 Å². The third kappa shape index (κ3) is 5.03. The fourth-order valence-corrected chi connectivity index (χ4v) is 6.27. The molecule has 6 aromatic rings. The lowest BCUT2D eigenvalue weighted by molar-refractivity contribution is -0.115. The Kier molecular flexibility index (Phi) is 7.66. The summed E-state index contributed by atoms with van der Waals surface area (Å²) in [5, 5.41) is 5.17. The summed E-state index contributed by atoms with van der Waals surface area (Å²) < 4.78 is 11.2. The van der Waals surface area contributed by atoms with Crippen LogP contribution in [0.1, 0.15) is 0 Å². The minimum absolute atomic E-state index is 0.263. The molecule has 0 saturated carbocycles. The Morgan fingerprint density at radius 1 is 0.542 bits per heavy atom. The maximum Gasteiger partial charge on any atom is 0.323 e.